The maximum absolute atomic E-state index is 12.3. The van der Waals surface area contributed by atoms with Crippen LogP contribution in [0.1, 0.15) is 51.4 Å². The van der Waals surface area contributed by atoms with Crippen molar-refractivity contribution in [3.8, 4) is 0 Å². The van der Waals surface area contributed by atoms with E-state index in [2.05, 4.69) is 21.2 Å². The number of sulfone groups is 1. The predicted octanol–water partition coefficient (Wildman–Crippen LogP) is 2.17. The van der Waals surface area contributed by atoms with Crippen LogP contribution in [-0.4, -0.2) is 36.2 Å². The third kappa shape index (κ3) is 3.51. The number of carbonyl (C=O) groups excluding carboxylic acids is 1. The quantitative estimate of drug-likeness (QED) is 0.792. The molecule has 110 valence electrons. The lowest BCUT2D eigenvalue weighted by molar-refractivity contribution is -0.122. The molecule has 2 aliphatic rings. The molecule has 1 aliphatic heterocycles. The van der Waals surface area contributed by atoms with E-state index in [0.717, 1.165) is 32.1 Å². The van der Waals surface area contributed by atoms with Gasteiger partial charge in [0.1, 0.15) is 5.25 Å². The fraction of sp³-hybridized carbons (Fsp3) is 0.923. The van der Waals surface area contributed by atoms with Crippen molar-refractivity contribution in [2.24, 2.45) is 0 Å². The molecule has 1 saturated carbocycles. The highest BCUT2D eigenvalue weighted by atomic mass is 79.9. The van der Waals surface area contributed by atoms with Crippen molar-refractivity contribution in [1.82, 2.24) is 5.32 Å². The second-order valence-corrected chi connectivity index (χ2v) is 8.68. The Bertz CT molecular complexity index is 429. The molecule has 19 heavy (non-hydrogen) atoms. The van der Waals surface area contributed by atoms with Crippen molar-refractivity contribution >= 4 is 31.7 Å². The van der Waals surface area contributed by atoms with E-state index >= 15 is 0 Å². The van der Waals surface area contributed by atoms with Gasteiger partial charge in [-0.05, 0) is 25.7 Å². The molecule has 2 rings (SSSR count). The Hall–Kier alpha value is -0.100. The van der Waals surface area contributed by atoms with Crippen LogP contribution in [0.25, 0.3) is 0 Å². The number of alkyl halides is 1. The molecular weight excluding hydrogens is 330 g/mol. The van der Waals surface area contributed by atoms with Crippen molar-refractivity contribution in [1.29, 1.82) is 0 Å². The van der Waals surface area contributed by atoms with Gasteiger partial charge < -0.3 is 5.32 Å². The van der Waals surface area contributed by atoms with Gasteiger partial charge in [-0.2, -0.15) is 0 Å². The summed E-state index contributed by atoms with van der Waals surface area (Å²) in [4.78, 5) is 12.3. The first-order valence-electron chi connectivity index (χ1n) is 7.09. The van der Waals surface area contributed by atoms with Crippen molar-refractivity contribution in [3.05, 3.63) is 0 Å². The average Bonchev–Trinajstić information content (AvgIpc) is 2.39. The topological polar surface area (TPSA) is 63.2 Å². The minimum atomic E-state index is -3.24. The van der Waals surface area contributed by atoms with Crippen LogP contribution >= 0.6 is 15.9 Å². The van der Waals surface area contributed by atoms with Crippen molar-refractivity contribution in [2.45, 2.75) is 62.2 Å². The lowest BCUT2D eigenvalue weighted by Gasteiger charge is -2.38. The Morgan fingerprint density at radius 2 is 1.84 bits per heavy atom. The van der Waals surface area contributed by atoms with Crippen molar-refractivity contribution in [3.63, 3.8) is 0 Å². The van der Waals surface area contributed by atoms with Crippen molar-refractivity contribution < 1.29 is 13.2 Å². The molecule has 1 N–H and O–H groups in total. The minimum absolute atomic E-state index is 0.159. The first-order chi connectivity index (χ1) is 8.99. The van der Waals surface area contributed by atoms with E-state index in [4.69, 9.17) is 0 Å². The Morgan fingerprint density at radius 3 is 2.42 bits per heavy atom. The van der Waals surface area contributed by atoms with Crippen LogP contribution in [0, 0.1) is 0 Å². The molecule has 0 bridgehead atoms. The molecule has 0 radical (unpaired) electrons. The van der Waals surface area contributed by atoms with E-state index in [-0.39, 0.29) is 17.2 Å². The molecule has 1 saturated heterocycles. The summed E-state index contributed by atoms with van der Waals surface area (Å²) in [6, 6.07) is 0. The zero-order valence-electron chi connectivity index (χ0n) is 11.2. The monoisotopic (exact) mass is 351 g/mol. The summed E-state index contributed by atoms with van der Waals surface area (Å²) in [7, 11) is -3.24. The lowest BCUT2D eigenvalue weighted by Crippen LogP contribution is -2.55. The Kier molecular flexibility index (Phi) is 4.93. The van der Waals surface area contributed by atoms with E-state index in [1.54, 1.807) is 0 Å². The molecule has 0 aromatic heterocycles. The van der Waals surface area contributed by atoms with E-state index in [1.807, 2.05) is 0 Å². The molecule has 1 atom stereocenters. The fourth-order valence-corrected chi connectivity index (χ4v) is 5.61. The second kappa shape index (κ2) is 6.12. The summed E-state index contributed by atoms with van der Waals surface area (Å²) >= 11 is 3.49. The summed E-state index contributed by atoms with van der Waals surface area (Å²) in [5.74, 6) is -0.118. The summed E-state index contributed by atoms with van der Waals surface area (Å²) < 4.78 is 24.0. The van der Waals surface area contributed by atoms with Gasteiger partial charge in [0.05, 0.1) is 5.75 Å². The van der Waals surface area contributed by atoms with Gasteiger partial charge in [0.2, 0.25) is 5.91 Å². The Balaban J connectivity index is 2.07. The van der Waals surface area contributed by atoms with Gasteiger partial charge >= 0.3 is 0 Å². The van der Waals surface area contributed by atoms with Gasteiger partial charge in [-0.15, -0.1) is 0 Å². The van der Waals surface area contributed by atoms with Crippen LogP contribution in [0.3, 0.4) is 0 Å². The number of rotatable bonds is 3. The molecule has 0 spiro atoms. The van der Waals surface area contributed by atoms with Gasteiger partial charge in [-0.1, -0.05) is 41.6 Å². The smallest absolute Gasteiger partial charge is 0.238 e. The normalized spacial score (nSPS) is 29.6. The molecule has 0 aromatic rings. The summed E-state index contributed by atoms with van der Waals surface area (Å²) in [5.41, 5.74) is -0.234. The SMILES string of the molecule is O=C(NC1(CBr)CCCCC1)C1CCCCS1(=O)=O. The highest BCUT2D eigenvalue weighted by Crippen LogP contribution is 2.30. The van der Waals surface area contributed by atoms with Gasteiger partial charge in [0, 0.05) is 10.9 Å². The molecule has 1 unspecified atom stereocenters. The highest BCUT2D eigenvalue weighted by molar-refractivity contribution is 9.09. The third-order valence-electron chi connectivity index (χ3n) is 4.33. The molecule has 1 heterocycles. The summed E-state index contributed by atoms with van der Waals surface area (Å²) in [6.07, 6.45) is 7.29. The molecule has 4 nitrogen and oxygen atoms in total. The number of hydrogen-bond donors (Lipinski definition) is 1. The zero-order chi connectivity index (χ0) is 13.9. The lowest BCUT2D eigenvalue weighted by atomic mass is 9.83. The number of hydrogen-bond acceptors (Lipinski definition) is 3. The van der Waals surface area contributed by atoms with E-state index in [1.165, 1.54) is 6.42 Å². The molecule has 2 fully saturated rings. The number of nitrogens with one attached hydrogen (secondary N) is 1. The largest absolute Gasteiger partial charge is 0.349 e. The zero-order valence-corrected chi connectivity index (χ0v) is 13.6. The molecular formula is C13H22BrNO3S. The Labute approximate surface area is 123 Å². The maximum atomic E-state index is 12.3. The van der Waals surface area contributed by atoms with Gasteiger partial charge in [-0.3, -0.25) is 4.79 Å². The van der Waals surface area contributed by atoms with Gasteiger partial charge in [0.15, 0.2) is 9.84 Å². The molecule has 0 aromatic carbocycles. The highest BCUT2D eigenvalue weighted by Gasteiger charge is 2.39. The third-order valence-corrected chi connectivity index (χ3v) is 7.57. The molecule has 1 amide bonds. The van der Waals surface area contributed by atoms with Crippen LogP contribution in [0.5, 0.6) is 0 Å². The van der Waals surface area contributed by atoms with Gasteiger partial charge in [0.25, 0.3) is 0 Å². The summed E-state index contributed by atoms with van der Waals surface area (Å²) in [6.45, 7) is 0. The molecule has 1 aliphatic carbocycles. The van der Waals surface area contributed by atoms with Gasteiger partial charge in [-0.25, -0.2) is 8.42 Å². The molecule has 6 heteroatoms. The summed E-state index contributed by atoms with van der Waals surface area (Å²) in [5, 5.41) is 2.93. The number of halogens is 1. The maximum Gasteiger partial charge on any atom is 0.238 e. The average molecular weight is 352 g/mol. The number of carbonyl (C=O) groups is 1. The second-order valence-electron chi connectivity index (χ2n) is 5.82. The standard InChI is InChI=1S/C13H22BrNO3S/c14-10-13(7-3-1-4-8-13)15-12(16)11-6-2-5-9-19(11,17)18/h11H,1-10H2,(H,15,16). The van der Waals surface area contributed by atoms with E-state index < -0.39 is 15.1 Å². The van der Waals surface area contributed by atoms with Crippen LogP contribution < -0.4 is 5.32 Å². The fourth-order valence-electron chi connectivity index (χ4n) is 3.11. The van der Waals surface area contributed by atoms with Crippen LogP contribution in [-0.2, 0) is 14.6 Å². The first kappa shape index (κ1) is 15.3. The predicted molar refractivity (Wildman–Crippen MR) is 79.2 cm³/mol. The van der Waals surface area contributed by atoms with Crippen LogP contribution in [0.15, 0.2) is 0 Å². The first-order valence-corrected chi connectivity index (χ1v) is 9.92. The minimum Gasteiger partial charge on any atom is -0.349 e. The van der Waals surface area contributed by atoms with Crippen LogP contribution in [0.2, 0.25) is 0 Å². The van der Waals surface area contributed by atoms with Crippen molar-refractivity contribution in [2.75, 3.05) is 11.1 Å². The van der Waals surface area contributed by atoms with Crippen LogP contribution in [0.4, 0.5) is 0 Å². The van der Waals surface area contributed by atoms with E-state index in [0.29, 0.717) is 18.2 Å². The Morgan fingerprint density at radius 1 is 1.16 bits per heavy atom. The number of amides is 1. The van der Waals surface area contributed by atoms with E-state index in [9.17, 15) is 13.2 Å².